The molecule has 1 aliphatic carbocycles. The molecule has 2 aromatic carbocycles. The Labute approximate surface area is 182 Å². The molecule has 1 saturated carbocycles. The zero-order chi connectivity index (χ0) is 20.9. The van der Waals surface area contributed by atoms with Crippen LogP contribution in [0.5, 0.6) is 0 Å². The monoisotopic (exact) mass is 420 g/mol. The first-order valence-corrected chi connectivity index (χ1v) is 11.5. The number of aryl methyl sites for hydroxylation is 1. The smallest absolute Gasteiger partial charge is 0.257 e. The molecule has 3 atom stereocenters. The minimum atomic E-state index is -0.0226. The Balaban J connectivity index is 1.30. The van der Waals surface area contributed by atoms with Crippen molar-refractivity contribution >= 4 is 29.7 Å². The second kappa shape index (κ2) is 9.52. The molecule has 0 bridgehead atoms. The topological polar surface area (TPSA) is 58.2 Å². The van der Waals surface area contributed by atoms with Gasteiger partial charge in [0.15, 0.2) is 0 Å². The van der Waals surface area contributed by atoms with Crippen LogP contribution >= 0.6 is 11.8 Å². The Hall–Kier alpha value is -2.53. The van der Waals surface area contributed by atoms with Crippen molar-refractivity contribution in [2.45, 2.75) is 43.9 Å². The van der Waals surface area contributed by atoms with Crippen molar-refractivity contribution in [3.63, 3.8) is 0 Å². The SMILES string of the molecule is Cc1ccc(/C=C2/SC3CCC(C(=O)NCCc4ccccc4)CC3NC2=O)cc1. The van der Waals surface area contributed by atoms with E-state index in [9.17, 15) is 9.59 Å². The van der Waals surface area contributed by atoms with Crippen molar-refractivity contribution in [2.75, 3.05) is 6.54 Å². The molecule has 2 N–H and O–H groups in total. The second-order valence-electron chi connectivity index (χ2n) is 8.19. The summed E-state index contributed by atoms with van der Waals surface area (Å²) in [6.07, 6.45) is 5.35. The highest BCUT2D eigenvalue weighted by atomic mass is 32.2. The summed E-state index contributed by atoms with van der Waals surface area (Å²) in [5.74, 6) is 0.0714. The number of thioether (sulfide) groups is 1. The summed E-state index contributed by atoms with van der Waals surface area (Å²) >= 11 is 1.67. The van der Waals surface area contributed by atoms with E-state index in [0.717, 1.165) is 36.2 Å². The van der Waals surface area contributed by atoms with E-state index in [1.807, 2.05) is 36.4 Å². The van der Waals surface area contributed by atoms with E-state index in [1.54, 1.807) is 11.8 Å². The first kappa shape index (κ1) is 20.7. The average Bonchev–Trinajstić information content (AvgIpc) is 2.76. The fourth-order valence-electron chi connectivity index (χ4n) is 4.16. The highest BCUT2D eigenvalue weighted by molar-refractivity contribution is 8.04. The molecule has 30 heavy (non-hydrogen) atoms. The number of carbonyl (C=O) groups is 2. The zero-order valence-corrected chi connectivity index (χ0v) is 18.1. The summed E-state index contributed by atoms with van der Waals surface area (Å²) in [7, 11) is 0. The molecule has 4 rings (SSSR count). The predicted octanol–water partition coefficient (Wildman–Crippen LogP) is 4.10. The van der Waals surface area contributed by atoms with Gasteiger partial charge in [-0.3, -0.25) is 9.59 Å². The van der Waals surface area contributed by atoms with Gasteiger partial charge in [-0.1, -0.05) is 60.2 Å². The van der Waals surface area contributed by atoms with Gasteiger partial charge in [0.2, 0.25) is 5.91 Å². The standard InChI is InChI=1S/C25H28N2O2S/c1-17-7-9-19(10-8-17)15-23-25(29)27-21-16-20(11-12-22(21)30-23)24(28)26-14-13-18-5-3-2-4-6-18/h2-10,15,20-22H,11-14,16H2,1H3,(H,26,28)(H,27,29)/b23-15+. The maximum absolute atomic E-state index is 12.6. The van der Waals surface area contributed by atoms with Crippen molar-refractivity contribution < 1.29 is 9.59 Å². The Morgan fingerprint density at radius 3 is 2.67 bits per heavy atom. The van der Waals surface area contributed by atoms with Gasteiger partial charge in [-0.2, -0.15) is 0 Å². The van der Waals surface area contributed by atoms with Crippen molar-refractivity contribution in [3.05, 3.63) is 76.2 Å². The average molecular weight is 421 g/mol. The normalized spacial score (nSPS) is 24.8. The van der Waals surface area contributed by atoms with Crippen LogP contribution in [0, 0.1) is 12.8 Å². The quantitative estimate of drug-likeness (QED) is 0.716. The van der Waals surface area contributed by atoms with E-state index in [-0.39, 0.29) is 23.8 Å². The third-order valence-corrected chi connectivity index (χ3v) is 7.33. The number of fused-ring (bicyclic) bond motifs is 1. The lowest BCUT2D eigenvalue weighted by Crippen LogP contribution is -2.51. The second-order valence-corrected chi connectivity index (χ2v) is 9.47. The van der Waals surface area contributed by atoms with Gasteiger partial charge in [-0.05, 0) is 49.8 Å². The number of nitrogens with one attached hydrogen (secondary N) is 2. The molecule has 3 unspecified atom stereocenters. The van der Waals surface area contributed by atoms with Gasteiger partial charge in [-0.15, -0.1) is 11.8 Å². The fourth-order valence-corrected chi connectivity index (χ4v) is 5.46. The maximum Gasteiger partial charge on any atom is 0.257 e. The molecule has 2 aliphatic rings. The van der Waals surface area contributed by atoms with Crippen LogP contribution in [0.25, 0.3) is 6.08 Å². The molecule has 156 valence electrons. The van der Waals surface area contributed by atoms with Gasteiger partial charge in [0, 0.05) is 23.8 Å². The third kappa shape index (κ3) is 5.14. The van der Waals surface area contributed by atoms with E-state index in [2.05, 4.69) is 41.8 Å². The molecular weight excluding hydrogens is 392 g/mol. The van der Waals surface area contributed by atoms with Gasteiger partial charge < -0.3 is 10.6 Å². The number of carbonyl (C=O) groups excluding carboxylic acids is 2. The molecule has 1 saturated heterocycles. The third-order valence-electron chi connectivity index (χ3n) is 5.91. The Bertz CT molecular complexity index is 924. The highest BCUT2D eigenvalue weighted by Crippen LogP contribution is 2.39. The van der Waals surface area contributed by atoms with Gasteiger partial charge in [0.25, 0.3) is 5.91 Å². The number of rotatable bonds is 5. The molecule has 4 nitrogen and oxygen atoms in total. The summed E-state index contributed by atoms with van der Waals surface area (Å²) in [6.45, 7) is 2.71. The van der Waals surface area contributed by atoms with Crippen LogP contribution in [-0.4, -0.2) is 29.7 Å². The van der Waals surface area contributed by atoms with Crippen molar-refractivity contribution in [1.82, 2.24) is 10.6 Å². The minimum Gasteiger partial charge on any atom is -0.356 e. The molecule has 2 amide bonds. The summed E-state index contributed by atoms with van der Waals surface area (Å²) < 4.78 is 0. The van der Waals surface area contributed by atoms with Crippen LogP contribution in [0.2, 0.25) is 0 Å². The van der Waals surface area contributed by atoms with Crippen molar-refractivity contribution in [1.29, 1.82) is 0 Å². The molecule has 0 radical (unpaired) electrons. The number of hydrogen-bond acceptors (Lipinski definition) is 3. The molecule has 2 aromatic rings. The van der Waals surface area contributed by atoms with Crippen molar-refractivity contribution in [2.24, 2.45) is 5.92 Å². The van der Waals surface area contributed by atoms with Crippen LogP contribution in [0.3, 0.4) is 0 Å². The Morgan fingerprint density at radius 2 is 1.90 bits per heavy atom. The molecule has 1 heterocycles. The zero-order valence-electron chi connectivity index (χ0n) is 17.3. The first-order valence-electron chi connectivity index (χ1n) is 10.7. The van der Waals surface area contributed by atoms with Crippen LogP contribution in [0.1, 0.15) is 36.0 Å². The van der Waals surface area contributed by atoms with Gasteiger partial charge in [0.1, 0.15) is 0 Å². The van der Waals surface area contributed by atoms with Crippen LogP contribution in [0.4, 0.5) is 0 Å². The lowest BCUT2D eigenvalue weighted by Gasteiger charge is -2.39. The van der Waals surface area contributed by atoms with E-state index >= 15 is 0 Å². The van der Waals surface area contributed by atoms with E-state index in [0.29, 0.717) is 11.8 Å². The number of benzene rings is 2. The Morgan fingerprint density at radius 1 is 1.13 bits per heavy atom. The molecular formula is C25H28N2O2S. The van der Waals surface area contributed by atoms with Crippen molar-refractivity contribution in [3.8, 4) is 0 Å². The van der Waals surface area contributed by atoms with E-state index in [1.165, 1.54) is 11.1 Å². The lowest BCUT2D eigenvalue weighted by molar-refractivity contribution is -0.127. The maximum atomic E-state index is 12.6. The van der Waals surface area contributed by atoms with Crippen LogP contribution < -0.4 is 10.6 Å². The van der Waals surface area contributed by atoms with Gasteiger partial charge in [0.05, 0.1) is 4.91 Å². The lowest BCUT2D eigenvalue weighted by atomic mass is 9.84. The van der Waals surface area contributed by atoms with Gasteiger partial charge in [-0.25, -0.2) is 0 Å². The van der Waals surface area contributed by atoms with Gasteiger partial charge >= 0.3 is 0 Å². The fraction of sp³-hybridized carbons (Fsp3) is 0.360. The molecule has 1 aliphatic heterocycles. The summed E-state index contributed by atoms with van der Waals surface area (Å²) in [5, 5.41) is 6.58. The largest absolute Gasteiger partial charge is 0.356 e. The summed E-state index contributed by atoms with van der Waals surface area (Å²) in [4.78, 5) is 26.0. The molecule has 5 heteroatoms. The summed E-state index contributed by atoms with van der Waals surface area (Å²) in [5.41, 5.74) is 3.48. The van der Waals surface area contributed by atoms with Crippen LogP contribution in [-0.2, 0) is 16.0 Å². The highest BCUT2D eigenvalue weighted by Gasteiger charge is 2.39. The Kier molecular flexibility index (Phi) is 6.58. The van der Waals surface area contributed by atoms with E-state index < -0.39 is 0 Å². The number of amides is 2. The molecule has 0 spiro atoms. The number of hydrogen-bond donors (Lipinski definition) is 2. The molecule has 2 fully saturated rings. The van der Waals surface area contributed by atoms with E-state index in [4.69, 9.17) is 0 Å². The minimum absolute atomic E-state index is 0.0213. The first-order chi connectivity index (χ1) is 14.6. The van der Waals surface area contributed by atoms with Crippen LogP contribution in [0.15, 0.2) is 59.5 Å². The summed E-state index contributed by atoms with van der Waals surface area (Å²) in [6, 6.07) is 18.5. The molecule has 0 aromatic heterocycles. The predicted molar refractivity (Wildman–Crippen MR) is 123 cm³/mol.